The maximum absolute atomic E-state index is 6.06. The number of piperidine rings is 1. The van der Waals surface area contributed by atoms with E-state index in [2.05, 4.69) is 30.9 Å². The van der Waals surface area contributed by atoms with Crippen LogP contribution in [0.3, 0.4) is 0 Å². The minimum Gasteiger partial charge on any atom is -0.454 e. The van der Waals surface area contributed by atoms with Crippen molar-refractivity contribution >= 4 is 0 Å². The summed E-state index contributed by atoms with van der Waals surface area (Å²) >= 11 is 0. The highest BCUT2D eigenvalue weighted by Gasteiger charge is 2.31. The van der Waals surface area contributed by atoms with E-state index in [1.807, 2.05) is 6.07 Å². The Bertz CT molecular complexity index is 487. The first-order valence-electron chi connectivity index (χ1n) is 7.43. The largest absolute Gasteiger partial charge is 0.454 e. The quantitative estimate of drug-likeness (QED) is 0.921. The highest BCUT2D eigenvalue weighted by atomic mass is 16.7. The summed E-state index contributed by atoms with van der Waals surface area (Å²) in [6, 6.07) is 6.47. The summed E-state index contributed by atoms with van der Waals surface area (Å²) in [4.78, 5) is 2.51. The van der Waals surface area contributed by atoms with Gasteiger partial charge in [0, 0.05) is 19.1 Å². The van der Waals surface area contributed by atoms with Gasteiger partial charge in [-0.2, -0.15) is 0 Å². The van der Waals surface area contributed by atoms with Gasteiger partial charge in [0.1, 0.15) is 0 Å². The summed E-state index contributed by atoms with van der Waals surface area (Å²) < 4.78 is 10.9. The van der Waals surface area contributed by atoms with Crippen LogP contribution in [0.25, 0.3) is 0 Å². The SMILES string of the molecule is CC1(C)CCCN(C(CN)c2ccc3c(c2)OCO3)C1. The Morgan fingerprint density at radius 2 is 2.10 bits per heavy atom. The van der Waals surface area contributed by atoms with E-state index in [4.69, 9.17) is 15.2 Å². The second kappa shape index (κ2) is 5.26. The van der Waals surface area contributed by atoms with Crippen LogP contribution in [0.5, 0.6) is 11.5 Å². The molecule has 2 heterocycles. The molecule has 1 unspecified atom stereocenters. The van der Waals surface area contributed by atoms with E-state index in [-0.39, 0.29) is 6.04 Å². The first-order chi connectivity index (χ1) is 9.59. The van der Waals surface area contributed by atoms with Gasteiger partial charge in [0.2, 0.25) is 6.79 Å². The van der Waals surface area contributed by atoms with Crippen molar-refractivity contribution in [1.29, 1.82) is 0 Å². The molecular weight excluding hydrogens is 252 g/mol. The number of nitrogens with two attached hydrogens (primary N) is 1. The molecule has 2 N–H and O–H groups in total. The molecule has 110 valence electrons. The van der Waals surface area contributed by atoms with Crippen LogP contribution in [0, 0.1) is 5.41 Å². The van der Waals surface area contributed by atoms with Crippen molar-refractivity contribution in [2.75, 3.05) is 26.4 Å². The molecule has 3 rings (SSSR count). The Hall–Kier alpha value is -1.26. The lowest BCUT2D eigenvalue weighted by Gasteiger charge is -2.42. The van der Waals surface area contributed by atoms with Crippen LogP contribution in [0.4, 0.5) is 0 Å². The average Bonchev–Trinajstić information content (AvgIpc) is 2.86. The van der Waals surface area contributed by atoms with Crippen molar-refractivity contribution in [2.45, 2.75) is 32.7 Å². The van der Waals surface area contributed by atoms with E-state index >= 15 is 0 Å². The third kappa shape index (κ3) is 2.63. The van der Waals surface area contributed by atoms with Gasteiger partial charge in [0.25, 0.3) is 0 Å². The Kier molecular flexibility index (Phi) is 3.61. The van der Waals surface area contributed by atoms with E-state index < -0.39 is 0 Å². The van der Waals surface area contributed by atoms with Crippen LogP contribution >= 0.6 is 0 Å². The minimum atomic E-state index is 0.268. The summed E-state index contributed by atoms with van der Waals surface area (Å²) in [5, 5.41) is 0. The molecule has 0 amide bonds. The molecule has 1 fully saturated rings. The van der Waals surface area contributed by atoms with Gasteiger partial charge in [-0.3, -0.25) is 4.90 Å². The van der Waals surface area contributed by atoms with Crippen LogP contribution in [0.1, 0.15) is 38.3 Å². The van der Waals surface area contributed by atoms with Crippen LogP contribution in [0.2, 0.25) is 0 Å². The predicted octanol–water partition coefficient (Wildman–Crippen LogP) is 2.54. The van der Waals surface area contributed by atoms with Gasteiger partial charge >= 0.3 is 0 Å². The first kappa shape index (κ1) is 13.7. The summed E-state index contributed by atoms with van der Waals surface area (Å²) in [7, 11) is 0. The van der Waals surface area contributed by atoms with Crippen LogP contribution in [-0.2, 0) is 0 Å². The Morgan fingerprint density at radius 3 is 2.85 bits per heavy atom. The molecule has 0 aromatic heterocycles. The molecule has 2 aliphatic rings. The lowest BCUT2D eigenvalue weighted by Crippen LogP contribution is -2.44. The summed E-state index contributed by atoms with van der Waals surface area (Å²) in [6.45, 7) is 7.86. The molecule has 2 aliphatic heterocycles. The van der Waals surface area contributed by atoms with Gasteiger partial charge in [-0.25, -0.2) is 0 Å². The van der Waals surface area contributed by atoms with Gasteiger partial charge in [-0.05, 0) is 42.5 Å². The van der Waals surface area contributed by atoms with E-state index in [9.17, 15) is 0 Å². The summed E-state index contributed by atoms with van der Waals surface area (Å²) in [5.41, 5.74) is 7.66. The fourth-order valence-corrected chi connectivity index (χ4v) is 3.35. The molecule has 1 aromatic rings. The third-order valence-corrected chi connectivity index (χ3v) is 4.38. The molecular formula is C16H24N2O2. The molecule has 0 radical (unpaired) electrons. The lowest BCUT2D eigenvalue weighted by atomic mass is 9.83. The van der Waals surface area contributed by atoms with Crippen molar-refractivity contribution in [2.24, 2.45) is 11.1 Å². The molecule has 1 saturated heterocycles. The van der Waals surface area contributed by atoms with Crippen molar-refractivity contribution < 1.29 is 9.47 Å². The number of rotatable bonds is 3. The van der Waals surface area contributed by atoms with Crippen LogP contribution < -0.4 is 15.2 Å². The van der Waals surface area contributed by atoms with Gasteiger partial charge in [0.05, 0.1) is 0 Å². The third-order valence-electron chi connectivity index (χ3n) is 4.38. The number of fused-ring (bicyclic) bond motifs is 1. The molecule has 1 aromatic carbocycles. The Labute approximate surface area is 120 Å². The monoisotopic (exact) mass is 276 g/mol. The van der Waals surface area contributed by atoms with E-state index in [0.717, 1.165) is 24.6 Å². The molecule has 1 atom stereocenters. The second-order valence-electron chi connectivity index (χ2n) is 6.60. The number of benzene rings is 1. The maximum atomic E-state index is 6.06. The zero-order valence-electron chi connectivity index (χ0n) is 12.4. The zero-order valence-corrected chi connectivity index (χ0v) is 12.4. The normalized spacial score (nSPS) is 22.8. The van der Waals surface area contributed by atoms with Crippen molar-refractivity contribution in [1.82, 2.24) is 4.90 Å². The van der Waals surface area contributed by atoms with E-state index in [0.29, 0.717) is 18.8 Å². The predicted molar refractivity (Wildman–Crippen MR) is 78.9 cm³/mol. The fourth-order valence-electron chi connectivity index (χ4n) is 3.35. The standard InChI is InChI=1S/C16H24N2O2/c1-16(2)6-3-7-18(10-16)13(9-17)12-4-5-14-15(8-12)20-11-19-14/h4-5,8,13H,3,6-7,9-11,17H2,1-2H3. The molecule has 0 bridgehead atoms. The molecule has 4 heteroatoms. The summed E-state index contributed by atoms with van der Waals surface area (Å²) in [6.07, 6.45) is 2.54. The minimum absolute atomic E-state index is 0.268. The van der Waals surface area contributed by atoms with E-state index in [1.54, 1.807) is 0 Å². The number of nitrogens with zero attached hydrogens (tertiary/aromatic N) is 1. The Morgan fingerprint density at radius 1 is 1.30 bits per heavy atom. The number of hydrogen-bond acceptors (Lipinski definition) is 4. The van der Waals surface area contributed by atoms with Crippen molar-refractivity contribution in [3.05, 3.63) is 23.8 Å². The van der Waals surface area contributed by atoms with Crippen LogP contribution in [-0.4, -0.2) is 31.3 Å². The smallest absolute Gasteiger partial charge is 0.231 e. The molecule has 0 spiro atoms. The van der Waals surface area contributed by atoms with Gasteiger partial charge < -0.3 is 15.2 Å². The second-order valence-corrected chi connectivity index (χ2v) is 6.60. The van der Waals surface area contributed by atoms with E-state index in [1.165, 1.54) is 18.4 Å². The molecule has 0 saturated carbocycles. The lowest BCUT2D eigenvalue weighted by molar-refractivity contribution is 0.0806. The number of hydrogen-bond donors (Lipinski definition) is 1. The van der Waals surface area contributed by atoms with Crippen LogP contribution in [0.15, 0.2) is 18.2 Å². The first-order valence-corrected chi connectivity index (χ1v) is 7.43. The van der Waals surface area contributed by atoms with Gasteiger partial charge in [-0.1, -0.05) is 19.9 Å². The fraction of sp³-hybridized carbons (Fsp3) is 0.625. The highest BCUT2D eigenvalue weighted by molar-refractivity contribution is 5.45. The molecule has 20 heavy (non-hydrogen) atoms. The van der Waals surface area contributed by atoms with Gasteiger partial charge in [0.15, 0.2) is 11.5 Å². The highest BCUT2D eigenvalue weighted by Crippen LogP contribution is 2.37. The molecule has 4 nitrogen and oxygen atoms in total. The maximum Gasteiger partial charge on any atom is 0.231 e. The number of likely N-dealkylation sites (tertiary alicyclic amines) is 1. The average molecular weight is 276 g/mol. The summed E-state index contributed by atoms with van der Waals surface area (Å²) in [5.74, 6) is 1.68. The van der Waals surface area contributed by atoms with Crippen molar-refractivity contribution in [3.8, 4) is 11.5 Å². The zero-order chi connectivity index (χ0) is 14.2. The molecule has 0 aliphatic carbocycles. The van der Waals surface area contributed by atoms with Crippen molar-refractivity contribution in [3.63, 3.8) is 0 Å². The topological polar surface area (TPSA) is 47.7 Å². The van der Waals surface area contributed by atoms with Gasteiger partial charge in [-0.15, -0.1) is 0 Å². The number of ether oxygens (including phenoxy) is 2. The Balaban J connectivity index is 1.82.